The van der Waals surface area contributed by atoms with Gasteiger partial charge in [-0.3, -0.25) is 0 Å². The van der Waals surface area contributed by atoms with Gasteiger partial charge in [0.1, 0.15) is 5.76 Å². The Kier molecular flexibility index (Phi) is 3.48. The molecule has 2 aromatic rings. The van der Waals surface area contributed by atoms with Crippen molar-refractivity contribution in [2.24, 2.45) is 0 Å². The van der Waals surface area contributed by atoms with Crippen LogP contribution in [0, 0.1) is 20.8 Å². The summed E-state index contributed by atoms with van der Waals surface area (Å²) in [6.45, 7) is 6.47. The van der Waals surface area contributed by atoms with Crippen molar-refractivity contribution in [1.82, 2.24) is 5.16 Å². The molecule has 0 aliphatic carbocycles. The van der Waals surface area contributed by atoms with Crippen LogP contribution in [0.25, 0.3) is 0 Å². The largest absolute Gasteiger partial charge is 0.398 e. The zero-order valence-electron chi connectivity index (χ0n) is 10.7. The molecule has 0 aliphatic rings. The van der Waals surface area contributed by atoms with Gasteiger partial charge >= 0.3 is 0 Å². The van der Waals surface area contributed by atoms with Crippen molar-refractivity contribution in [3.8, 4) is 0 Å². The molecule has 0 unspecified atom stereocenters. The molecular formula is C13H16ClN3O. The molecule has 0 spiro atoms. The molecule has 0 saturated heterocycles. The molecule has 5 heteroatoms. The fourth-order valence-corrected chi connectivity index (χ4v) is 2.00. The number of aryl methyl sites for hydroxylation is 3. The van der Waals surface area contributed by atoms with E-state index >= 15 is 0 Å². The molecule has 0 atom stereocenters. The van der Waals surface area contributed by atoms with Crippen molar-refractivity contribution in [1.29, 1.82) is 0 Å². The smallest absolute Gasteiger partial charge is 0.138 e. The predicted octanol–water partition coefficient (Wildman–Crippen LogP) is 3.45. The molecule has 96 valence electrons. The average Bonchev–Trinajstić information content (AvgIpc) is 2.62. The number of hydrogen-bond acceptors (Lipinski definition) is 4. The lowest BCUT2D eigenvalue weighted by atomic mass is 10.1. The summed E-state index contributed by atoms with van der Waals surface area (Å²) in [6.07, 6.45) is 0. The predicted molar refractivity (Wildman–Crippen MR) is 73.9 cm³/mol. The van der Waals surface area contributed by atoms with E-state index in [1.807, 2.05) is 32.9 Å². The molecule has 0 amide bonds. The lowest BCUT2D eigenvalue weighted by Gasteiger charge is -2.11. The van der Waals surface area contributed by atoms with Crippen LogP contribution < -0.4 is 11.1 Å². The molecule has 1 aromatic carbocycles. The first-order chi connectivity index (χ1) is 8.49. The third-order valence-electron chi connectivity index (χ3n) is 2.98. The first kappa shape index (κ1) is 12.8. The molecule has 0 saturated carbocycles. The first-order valence-corrected chi connectivity index (χ1v) is 6.08. The number of nitrogens with one attached hydrogen (secondary N) is 1. The highest BCUT2D eigenvalue weighted by atomic mass is 35.5. The number of rotatable bonds is 3. The van der Waals surface area contributed by atoms with E-state index in [0.717, 1.165) is 28.3 Å². The van der Waals surface area contributed by atoms with E-state index in [-0.39, 0.29) is 0 Å². The third kappa shape index (κ3) is 2.43. The second kappa shape index (κ2) is 4.90. The number of nitrogen functional groups attached to an aromatic ring is 1. The Morgan fingerprint density at radius 2 is 2.06 bits per heavy atom. The minimum absolute atomic E-state index is 0.557. The van der Waals surface area contributed by atoms with Gasteiger partial charge in [-0.2, -0.15) is 0 Å². The van der Waals surface area contributed by atoms with E-state index < -0.39 is 0 Å². The normalized spacial score (nSPS) is 10.7. The lowest BCUT2D eigenvalue weighted by molar-refractivity contribution is 0.392. The van der Waals surface area contributed by atoms with Crippen molar-refractivity contribution >= 4 is 23.0 Å². The molecule has 3 N–H and O–H groups in total. The van der Waals surface area contributed by atoms with Gasteiger partial charge in [0, 0.05) is 17.8 Å². The minimum Gasteiger partial charge on any atom is -0.398 e. The maximum absolute atomic E-state index is 6.01. The van der Waals surface area contributed by atoms with E-state index in [2.05, 4.69) is 10.5 Å². The highest BCUT2D eigenvalue weighted by molar-refractivity contribution is 6.33. The lowest BCUT2D eigenvalue weighted by Crippen LogP contribution is -2.03. The highest BCUT2D eigenvalue weighted by Crippen LogP contribution is 2.27. The maximum Gasteiger partial charge on any atom is 0.138 e. The van der Waals surface area contributed by atoms with E-state index in [1.54, 1.807) is 0 Å². The molecule has 1 aromatic heterocycles. The summed E-state index contributed by atoms with van der Waals surface area (Å²) in [6, 6.07) is 3.70. The Balaban J connectivity index is 2.18. The number of hydrogen-bond donors (Lipinski definition) is 2. The monoisotopic (exact) mass is 265 g/mol. The average molecular weight is 266 g/mol. The summed E-state index contributed by atoms with van der Waals surface area (Å²) in [5, 5.41) is 7.80. The van der Waals surface area contributed by atoms with E-state index in [0.29, 0.717) is 17.3 Å². The van der Waals surface area contributed by atoms with Crippen molar-refractivity contribution in [2.75, 3.05) is 11.1 Å². The number of aromatic nitrogens is 1. The number of nitrogens with two attached hydrogens (primary N) is 1. The van der Waals surface area contributed by atoms with Crippen LogP contribution in [0.4, 0.5) is 11.4 Å². The van der Waals surface area contributed by atoms with Gasteiger partial charge in [-0.15, -0.1) is 0 Å². The van der Waals surface area contributed by atoms with E-state index in [4.69, 9.17) is 21.9 Å². The molecule has 2 rings (SSSR count). The van der Waals surface area contributed by atoms with Gasteiger partial charge in [0.2, 0.25) is 0 Å². The van der Waals surface area contributed by atoms with Gasteiger partial charge in [0.05, 0.1) is 16.4 Å². The zero-order chi connectivity index (χ0) is 13.3. The summed E-state index contributed by atoms with van der Waals surface area (Å²) < 4.78 is 5.12. The number of anilines is 2. The summed E-state index contributed by atoms with van der Waals surface area (Å²) in [4.78, 5) is 0. The second-order valence-corrected chi connectivity index (χ2v) is 4.75. The topological polar surface area (TPSA) is 64.1 Å². The summed E-state index contributed by atoms with van der Waals surface area (Å²) in [5.41, 5.74) is 10.3. The van der Waals surface area contributed by atoms with Crippen molar-refractivity contribution in [3.63, 3.8) is 0 Å². The van der Waals surface area contributed by atoms with Crippen LogP contribution in [0.15, 0.2) is 16.7 Å². The highest BCUT2D eigenvalue weighted by Gasteiger charge is 2.09. The first-order valence-electron chi connectivity index (χ1n) is 5.70. The van der Waals surface area contributed by atoms with E-state index in [9.17, 15) is 0 Å². The number of benzene rings is 1. The summed E-state index contributed by atoms with van der Waals surface area (Å²) in [7, 11) is 0. The standard InChI is InChI=1S/C13H16ClN3O/c1-7-4-12(15)11(14)5-13(7)16-6-10-8(2)17-18-9(10)3/h4-5,16H,6,15H2,1-3H3. The minimum atomic E-state index is 0.557. The maximum atomic E-state index is 6.01. The SMILES string of the molecule is Cc1cc(N)c(Cl)cc1NCc1c(C)noc1C. The Morgan fingerprint density at radius 1 is 1.33 bits per heavy atom. The molecule has 0 aliphatic heterocycles. The Morgan fingerprint density at radius 3 is 2.67 bits per heavy atom. The molecular weight excluding hydrogens is 250 g/mol. The summed E-state index contributed by atoms with van der Waals surface area (Å²) in [5.74, 6) is 0.833. The van der Waals surface area contributed by atoms with Crippen molar-refractivity contribution < 1.29 is 4.52 Å². The molecule has 0 fully saturated rings. The van der Waals surface area contributed by atoms with Gasteiger partial charge in [-0.25, -0.2) is 0 Å². The molecule has 4 nitrogen and oxygen atoms in total. The van der Waals surface area contributed by atoms with Crippen LogP contribution in [-0.2, 0) is 6.54 Å². The van der Waals surface area contributed by atoms with Crippen LogP contribution in [-0.4, -0.2) is 5.16 Å². The third-order valence-corrected chi connectivity index (χ3v) is 3.31. The van der Waals surface area contributed by atoms with Gasteiger partial charge in [-0.05, 0) is 38.5 Å². The molecule has 18 heavy (non-hydrogen) atoms. The van der Waals surface area contributed by atoms with Gasteiger partial charge < -0.3 is 15.6 Å². The number of nitrogens with zero attached hydrogens (tertiary/aromatic N) is 1. The number of halogens is 1. The second-order valence-electron chi connectivity index (χ2n) is 4.34. The van der Waals surface area contributed by atoms with E-state index in [1.165, 1.54) is 0 Å². The fourth-order valence-electron chi connectivity index (χ4n) is 1.83. The fraction of sp³-hybridized carbons (Fsp3) is 0.308. The molecule has 0 radical (unpaired) electrons. The zero-order valence-corrected chi connectivity index (χ0v) is 11.4. The van der Waals surface area contributed by atoms with Gasteiger partial charge in [0.15, 0.2) is 0 Å². The summed E-state index contributed by atoms with van der Waals surface area (Å²) >= 11 is 6.01. The van der Waals surface area contributed by atoms with Crippen LogP contribution in [0.5, 0.6) is 0 Å². The molecule has 1 heterocycles. The van der Waals surface area contributed by atoms with Gasteiger partial charge in [-0.1, -0.05) is 16.8 Å². The Bertz CT molecular complexity index is 558. The van der Waals surface area contributed by atoms with Crippen LogP contribution in [0.2, 0.25) is 5.02 Å². The van der Waals surface area contributed by atoms with Crippen LogP contribution in [0.1, 0.15) is 22.6 Å². The van der Waals surface area contributed by atoms with Crippen LogP contribution >= 0.6 is 11.6 Å². The molecule has 0 bridgehead atoms. The quantitative estimate of drug-likeness (QED) is 0.835. The van der Waals surface area contributed by atoms with Crippen LogP contribution in [0.3, 0.4) is 0 Å². The Labute approximate surface area is 111 Å². The van der Waals surface area contributed by atoms with Gasteiger partial charge in [0.25, 0.3) is 0 Å². The van der Waals surface area contributed by atoms with Crippen molar-refractivity contribution in [3.05, 3.63) is 39.7 Å². The van der Waals surface area contributed by atoms with Crippen molar-refractivity contribution in [2.45, 2.75) is 27.3 Å². The Hall–Kier alpha value is -1.68.